The quantitative estimate of drug-likeness (QED) is 0.661. The highest BCUT2D eigenvalue weighted by atomic mass is 32.1. The molecule has 1 N–H and O–H groups in total. The predicted molar refractivity (Wildman–Crippen MR) is 101 cm³/mol. The zero-order valence-corrected chi connectivity index (χ0v) is 15.0. The summed E-state index contributed by atoms with van der Waals surface area (Å²) in [5, 5.41) is 3.44. The average molecular weight is 354 g/mol. The Morgan fingerprint density at radius 3 is 2.44 bits per heavy atom. The number of aryl methyl sites for hydroxylation is 2. The van der Waals surface area contributed by atoms with E-state index in [1.807, 2.05) is 19.1 Å². The van der Waals surface area contributed by atoms with Crippen LogP contribution in [0, 0.1) is 12.7 Å². The molecule has 0 spiro atoms. The number of amides is 1. The average Bonchev–Trinajstić information content (AvgIpc) is 2.99. The SMILES string of the molecule is CCCc1sc(NC(=O)c2ccc(C)cc2)nc1-c1ccc(F)cc1. The molecule has 0 unspecified atom stereocenters. The summed E-state index contributed by atoms with van der Waals surface area (Å²) in [5.41, 5.74) is 3.37. The minimum Gasteiger partial charge on any atom is -0.298 e. The zero-order valence-electron chi connectivity index (χ0n) is 14.2. The van der Waals surface area contributed by atoms with Gasteiger partial charge in [0.15, 0.2) is 5.13 Å². The van der Waals surface area contributed by atoms with Gasteiger partial charge in [-0.1, -0.05) is 31.0 Å². The third-order valence-electron chi connectivity index (χ3n) is 3.83. The van der Waals surface area contributed by atoms with E-state index in [-0.39, 0.29) is 11.7 Å². The maximum absolute atomic E-state index is 13.2. The molecule has 1 aromatic heterocycles. The number of carbonyl (C=O) groups is 1. The Kier molecular flexibility index (Phi) is 5.24. The van der Waals surface area contributed by atoms with Crippen LogP contribution in [0.5, 0.6) is 0 Å². The number of benzene rings is 2. The molecule has 128 valence electrons. The lowest BCUT2D eigenvalue weighted by Gasteiger charge is -2.02. The second-order valence-electron chi connectivity index (χ2n) is 5.87. The molecule has 0 radical (unpaired) electrons. The minimum absolute atomic E-state index is 0.178. The largest absolute Gasteiger partial charge is 0.298 e. The number of hydrogen-bond acceptors (Lipinski definition) is 3. The molecule has 0 aliphatic heterocycles. The lowest BCUT2D eigenvalue weighted by Crippen LogP contribution is -2.11. The Bertz CT molecular complexity index is 870. The second-order valence-corrected chi connectivity index (χ2v) is 6.95. The number of thiazole rings is 1. The molecule has 0 fully saturated rings. The number of rotatable bonds is 5. The fourth-order valence-electron chi connectivity index (χ4n) is 2.51. The normalized spacial score (nSPS) is 10.7. The molecule has 0 atom stereocenters. The van der Waals surface area contributed by atoms with Gasteiger partial charge in [-0.15, -0.1) is 11.3 Å². The molecular weight excluding hydrogens is 335 g/mol. The van der Waals surface area contributed by atoms with E-state index < -0.39 is 0 Å². The van der Waals surface area contributed by atoms with E-state index in [0.717, 1.165) is 34.5 Å². The van der Waals surface area contributed by atoms with Gasteiger partial charge < -0.3 is 0 Å². The third kappa shape index (κ3) is 4.12. The summed E-state index contributed by atoms with van der Waals surface area (Å²) in [5.74, 6) is -0.452. The molecule has 5 heteroatoms. The van der Waals surface area contributed by atoms with Crippen molar-refractivity contribution in [2.24, 2.45) is 0 Å². The van der Waals surface area contributed by atoms with Crippen molar-refractivity contribution in [2.45, 2.75) is 26.7 Å². The highest BCUT2D eigenvalue weighted by molar-refractivity contribution is 7.16. The molecule has 3 nitrogen and oxygen atoms in total. The van der Waals surface area contributed by atoms with Crippen molar-refractivity contribution in [1.82, 2.24) is 4.98 Å². The lowest BCUT2D eigenvalue weighted by molar-refractivity contribution is 0.102. The van der Waals surface area contributed by atoms with Crippen molar-refractivity contribution in [2.75, 3.05) is 5.32 Å². The molecule has 25 heavy (non-hydrogen) atoms. The highest BCUT2D eigenvalue weighted by Gasteiger charge is 2.15. The Balaban J connectivity index is 1.87. The number of carbonyl (C=O) groups excluding carboxylic acids is 1. The molecule has 1 amide bonds. The van der Waals surface area contributed by atoms with Gasteiger partial charge in [-0.05, 0) is 49.7 Å². The molecule has 0 aliphatic carbocycles. The van der Waals surface area contributed by atoms with E-state index in [0.29, 0.717) is 10.7 Å². The van der Waals surface area contributed by atoms with E-state index in [4.69, 9.17) is 0 Å². The van der Waals surface area contributed by atoms with Crippen molar-refractivity contribution in [3.63, 3.8) is 0 Å². The van der Waals surface area contributed by atoms with Gasteiger partial charge in [-0.3, -0.25) is 10.1 Å². The Labute approximate surface area is 150 Å². The smallest absolute Gasteiger partial charge is 0.257 e. The van der Waals surface area contributed by atoms with E-state index in [1.54, 1.807) is 24.3 Å². The molecular formula is C20H19FN2OS. The summed E-state index contributed by atoms with van der Waals surface area (Å²) < 4.78 is 13.2. The van der Waals surface area contributed by atoms with Crippen LogP contribution in [0.4, 0.5) is 9.52 Å². The van der Waals surface area contributed by atoms with Gasteiger partial charge in [0.1, 0.15) is 5.82 Å². The van der Waals surface area contributed by atoms with Crippen molar-refractivity contribution in [3.05, 3.63) is 70.4 Å². The predicted octanol–water partition coefficient (Wildman–Crippen LogP) is 5.46. The minimum atomic E-state index is -0.274. The topological polar surface area (TPSA) is 42.0 Å². The molecule has 1 heterocycles. The summed E-state index contributed by atoms with van der Waals surface area (Å²) in [6.07, 6.45) is 1.84. The maximum atomic E-state index is 13.2. The van der Waals surface area contributed by atoms with Gasteiger partial charge in [0.2, 0.25) is 0 Å². The van der Waals surface area contributed by atoms with Crippen molar-refractivity contribution in [3.8, 4) is 11.3 Å². The first-order valence-electron chi connectivity index (χ1n) is 8.20. The Morgan fingerprint density at radius 1 is 1.12 bits per heavy atom. The van der Waals surface area contributed by atoms with E-state index in [1.165, 1.54) is 23.5 Å². The number of aromatic nitrogens is 1. The van der Waals surface area contributed by atoms with E-state index >= 15 is 0 Å². The van der Waals surface area contributed by atoms with Crippen LogP contribution in [0.15, 0.2) is 48.5 Å². The monoisotopic (exact) mass is 354 g/mol. The van der Waals surface area contributed by atoms with Crippen LogP contribution in [0.3, 0.4) is 0 Å². The molecule has 0 bridgehead atoms. The van der Waals surface area contributed by atoms with Crippen LogP contribution in [-0.2, 0) is 6.42 Å². The van der Waals surface area contributed by atoms with Crippen LogP contribution in [0.25, 0.3) is 11.3 Å². The summed E-state index contributed by atoms with van der Waals surface area (Å²) >= 11 is 1.47. The van der Waals surface area contributed by atoms with E-state index in [2.05, 4.69) is 17.2 Å². The van der Waals surface area contributed by atoms with Crippen LogP contribution < -0.4 is 5.32 Å². The van der Waals surface area contributed by atoms with Gasteiger partial charge in [0.25, 0.3) is 5.91 Å². The Hall–Kier alpha value is -2.53. The van der Waals surface area contributed by atoms with Crippen molar-refractivity contribution < 1.29 is 9.18 Å². The first kappa shape index (κ1) is 17.3. The number of anilines is 1. The summed E-state index contributed by atoms with van der Waals surface area (Å²) in [6.45, 7) is 4.08. The van der Waals surface area contributed by atoms with Gasteiger partial charge in [-0.25, -0.2) is 9.37 Å². The molecule has 0 aliphatic rings. The molecule has 3 rings (SSSR count). The fraction of sp³-hybridized carbons (Fsp3) is 0.200. The number of halogens is 1. The van der Waals surface area contributed by atoms with Crippen molar-refractivity contribution >= 4 is 22.4 Å². The van der Waals surface area contributed by atoms with Crippen LogP contribution in [0.1, 0.15) is 34.1 Å². The summed E-state index contributed by atoms with van der Waals surface area (Å²) in [4.78, 5) is 18.1. The fourth-order valence-corrected chi connectivity index (χ4v) is 3.59. The third-order valence-corrected chi connectivity index (χ3v) is 4.86. The van der Waals surface area contributed by atoms with Crippen LogP contribution in [0.2, 0.25) is 0 Å². The van der Waals surface area contributed by atoms with Gasteiger partial charge in [-0.2, -0.15) is 0 Å². The second kappa shape index (κ2) is 7.57. The number of nitrogens with one attached hydrogen (secondary N) is 1. The molecule has 3 aromatic rings. The van der Waals surface area contributed by atoms with Crippen LogP contribution >= 0.6 is 11.3 Å². The van der Waals surface area contributed by atoms with Gasteiger partial charge in [0, 0.05) is 16.0 Å². The van der Waals surface area contributed by atoms with Crippen molar-refractivity contribution in [1.29, 1.82) is 0 Å². The lowest BCUT2D eigenvalue weighted by atomic mass is 10.1. The van der Waals surface area contributed by atoms with Crippen LogP contribution in [-0.4, -0.2) is 10.9 Å². The number of nitrogens with zero attached hydrogens (tertiary/aromatic N) is 1. The first-order chi connectivity index (χ1) is 12.1. The van der Waals surface area contributed by atoms with Gasteiger partial charge >= 0.3 is 0 Å². The standard InChI is InChI=1S/C20H19FN2OS/c1-3-4-17-18(14-9-11-16(21)12-10-14)22-20(25-17)23-19(24)15-7-5-13(2)6-8-15/h5-12H,3-4H2,1-2H3,(H,22,23,24). The molecule has 0 saturated carbocycles. The summed E-state index contributed by atoms with van der Waals surface area (Å²) in [6, 6.07) is 13.7. The maximum Gasteiger partial charge on any atom is 0.257 e. The van der Waals surface area contributed by atoms with E-state index in [9.17, 15) is 9.18 Å². The first-order valence-corrected chi connectivity index (χ1v) is 9.02. The number of hydrogen-bond donors (Lipinski definition) is 1. The highest BCUT2D eigenvalue weighted by Crippen LogP contribution is 2.32. The van der Waals surface area contributed by atoms with Gasteiger partial charge in [0.05, 0.1) is 5.69 Å². The zero-order chi connectivity index (χ0) is 17.8. The molecule has 0 saturated heterocycles. The Morgan fingerprint density at radius 2 is 1.80 bits per heavy atom. The summed E-state index contributed by atoms with van der Waals surface area (Å²) in [7, 11) is 0. The molecule has 2 aromatic carbocycles.